The molecule has 0 spiro atoms. The fourth-order valence-electron chi connectivity index (χ4n) is 5.86. The molecule has 4 aliphatic rings. The summed E-state index contributed by atoms with van der Waals surface area (Å²) in [6, 6.07) is 25.8. The molecule has 3 saturated heterocycles. The first-order chi connectivity index (χ1) is 19.2. The van der Waals surface area contributed by atoms with E-state index in [-0.39, 0.29) is 17.9 Å². The van der Waals surface area contributed by atoms with Crippen LogP contribution in [0.15, 0.2) is 84.9 Å². The number of carbonyl (C=O) groups excluding carboxylic acids is 2. The molecule has 4 aliphatic heterocycles. The predicted octanol–water partition coefficient (Wildman–Crippen LogP) is 3.91. The van der Waals surface area contributed by atoms with E-state index >= 15 is 0 Å². The first-order valence-corrected chi connectivity index (χ1v) is 13.4. The van der Waals surface area contributed by atoms with Gasteiger partial charge in [0.25, 0.3) is 11.8 Å². The van der Waals surface area contributed by atoms with Gasteiger partial charge in [-0.3, -0.25) is 14.5 Å². The SMILES string of the molecule is O=C1c2ccccc2C(=O)N1[C@@H]1[C@@H](OCc2ccccc2)[C@@H]2O[C@H](c3ccccc3)OC[C@H]2O[C@H]1CC1CO1. The summed E-state index contributed by atoms with van der Waals surface area (Å²) in [6.45, 7) is 1.22. The van der Waals surface area contributed by atoms with Crippen molar-refractivity contribution in [3.8, 4) is 0 Å². The summed E-state index contributed by atoms with van der Waals surface area (Å²) in [6.07, 6.45) is -2.22. The highest BCUT2D eigenvalue weighted by molar-refractivity contribution is 6.21. The van der Waals surface area contributed by atoms with E-state index in [4.69, 9.17) is 23.7 Å². The van der Waals surface area contributed by atoms with E-state index in [9.17, 15) is 9.59 Å². The smallest absolute Gasteiger partial charge is 0.261 e. The van der Waals surface area contributed by atoms with E-state index in [1.54, 1.807) is 24.3 Å². The molecule has 7 atom stereocenters. The molecule has 4 heterocycles. The van der Waals surface area contributed by atoms with Crippen LogP contribution >= 0.6 is 0 Å². The van der Waals surface area contributed by atoms with E-state index in [0.717, 1.165) is 11.1 Å². The van der Waals surface area contributed by atoms with Crippen molar-refractivity contribution < 1.29 is 33.3 Å². The fraction of sp³-hybridized carbons (Fsp3) is 0.355. The highest BCUT2D eigenvalue weighted by Gasteiger charge is 2.57. The summed E-state index contributed by atoms with van der Waals surface area (Å²) in [5.74, 6) is -0.686. The molecule has 8 heteroatoms. The van der Waals surface area contributed by atoms with Crippen molar-refractivity contribution in [3.05, 3.63) is 107 Å². The van der Waals surface area contributed by atoms with Gasteiger partial charge in [-0.25, -0.2) is 0 Å². The molecule has 0 radical (unpaired) electrons. The summed E-state index contributed by atoms with van der Waals surface area (Å²) < 4.78 is 31.4. The number of epoxide rings is 1. The first-order valence-electron chi connectivity index (χ1n) is 13.4. The second kappa shape index (κ2) is 10.3. The largest absolute Gasteiger partial charge is 0.373 e. The maximum atomic E-state index is 13.7. The monoisotopic (exact) mass is 527 g/mol. The van der Waals surface area contributed by atoms with Crippen LogP contribution in [0.25, 0.3) is 0 Å². The topological polar surface area (TPSA) is 86.8 Å². The molecule has 0 N–H and O–H groups in total. The molecule has 0 aromatic heterocycles. The summed E-state index contributed by atoms with van der Waals surface area (Å²) in [5.41, 5.74) is 2.64. The number of ether oxygens (including phenoxy) is 5. The zero-order valence-corrected chi connectivity index (χ0v) is 21.3. The Labute approximate surface area is 226 Å². The van der Waals surface area contributed by atoms with Gasteiger partial charge < -0.3 is 23.7 Å². The molecule has 3 aromatic carbocycles. The van der Waals surface area contributed by atoms with E-state index in [2.05, 4.69) is 0 Å². The van der Waals surface area contributed by atoms with E-state index in [0.29, 0.717) is 37.4 Å². The number of carbonyl (C=O) groups is 2. The van der Waals surface area contributed by atoms with Gasteiger partial charge in [0.1, 0.15) is 18.3 Å². The van der Waals surface area contributed by atoms with E-state index in [1.165, 1.54) is 4.90 Å². The number of hydrogen-bond acceptors (Lipinski definition) is 7. The normalized spacial score (nSPS) is 31.6. The molecule has 0 saturated carbocycles. The second-order valence-corrected chi connectivity index (χ2v) is 10.4. The average Bonchev–Trinajstić information content (AvgIpc) is 3.77. The summed E-state index contributed by atoms with van der Waals surface area (Å²) in [7, 11) is 0. The van der Waals surface area contributed by atoms with Gasteiger partial charge in [-0.2, -0.15) is 0 Å². The molecule has 3 aromatic rings. The Balaban J connectivity index is 1.26. The van der Waals surface area contributed by atoms with Gasteiger partial charge in [0, 0.05) is 12.0 Å². The number of benzene rings is 3. The van der Waals surface area contributed by atoms with Crippen LogP contribution in [0.2, 0.25) is 0 Å². The van der Waals surface area contributed by atoms with Gasteiger partial charge in [0.05, 0.1) is 49.2 Å². The first kappa shape index (κ1) is 24.6. The molecule has 1 unspecified atom stereocenters. The van der Waals surface area contributed by atoms with Gasteiger partial charge in [0.15, 0.2) is 6.29 Å². The van der Waals surface area contributed by atoms with Gasteiger partial charge >= 0.3 is 0 Å². The lowest BCUT2D eigenvalue weighted by Crippen LogP contribution is -2.67. The van der Waals surface area contributed by atoms with Gasteiger partial charge in [-0.15, -0.1) is 0 Å². The van der Waals surface area contributed by atoms with Crippen LogP contribution in [-0.4, -0.2) is 66.5 Å². The number of hydrogen-bond donors (Lipinski definition) is 0. The molecular weight excluding hydrogens is 498 g/mol. The van der Waals surface area contributed by atoms with Crippen LogP contribution in [0.4, 0.5) is 0 Å². The van der Waals surface area contributed by atoms with Crippen molar-refractivity contribution in [2.45, 2.75) is 55.9 Å². The Kier molecular flexibility index (Phi) is 6.50. The summed E-state index contributed by atoms with van der Waals surface area (Å²) in [4.78, 5) is 28.8. The van der Waals surface area contributed by atoms with Crippen molar-refractivity contribution in [3.63, 3.8) is 0 Å². The minimum Gasteiger partial charge on any atom is -0.373 e. The van der Waals surface area contributed by atoms with Crippen molar-refractivity contribution in [1.82, 2.24) is 4.90 Å². The van der Waals surface area contributed by atoms with Crippen LogP contribution in [0.1, 0.15) is 44.6 Å². The lowest BCUT2D eigenvalue weighted by molar-refractivity contribution is -0.325. The number of amides is 2. The number of imide groups is 1. The van der Waals surface area contributed by atoms with E-state index in [1.807, 2.05) is 60.7 Å². The molecule has 2 amide bonds. The molecular formula is C31H29NO7. The van der Waals surface area contributed by atoms with Crippen LogP contribution in [0, 0.1) is 0 Å². The molecule has 0 bridgehead atoms. The fourth-order valence-corrected chi connectivity index (χ4v) is 5.86. The molecule has 39 heavy (non-hydrogen) atoms. The van der Waals surface area contributed by atoms with Crippen LogP contribution in [0.5, 0.6) is 0 Å². The quantitative estimate of drug-likeness (QED) is 0.340. The third kappa shape index (κ3) is 4.68. The van der Waals surface area contributed by atoms with Crippen molar-refractivity contribution in [2.24, 2.45) is 0 Å². The maximum absolute atomic E-state index is 13.7. The highest BCUT2D eigenvalue weighted by Crippen LogP contribution is 2.41. The lowest BCUT2D eigenvalue weighted by Gasteiger charge is -2.51. The summed E-state index contributed by atoms with van der Waals surface area (Å²) >= 11 is 0. The Hall–Kier alpha value is -3.40. The zero-order chi connectivity index (χ0) is 26.3. The van der Waals surface area contributed by atoms with Gasteiger partial charge in [0.2, 0.25) is 0 Å². The Morgan fingerprint density at radius 1 is 0.769 bits per heavy atom. The second-order valence-electron chi connectivity index (χ2n) is 10.4. The standard InChI is InChI=1S/C31H29NO7/c33-29-22-13-7-8-14-23(22)30(34)32(29)26-24(15-21-17-35-21)38-25-18-37-31(20-11-5-2-6-12-20)39-27(25)28(26)36-16-19-9-3-1-4-10-19/h1-14,21,24-28,31H,15-18H2/t21?,24-,25+,26-,27+,28+,31+/m0/s1. The van der Waals surface area contributed by atoms with Crippen LogP contribution in [-0.2, 0) is 30.3 Å². The van der Waals surface area contributed by atoms with Crippen LogP contribution < -0.4 is 0 Å². The molecule has 200 valence electrons. The lowest BCUT2D eigenvalue weighted by atomic mass is 9.88. The third-order valence-electron chi connectivity index (χ3n) is 7.83. The van der Waals surface area contributed by atoms with Gasteiger partial charge in [-0.1, -0.05) is 72.8 Å². The Morgan fingerprint density at radius 2 is 1.41 bits per heavy atom. The molecule has 8 nitrogen and oxygen atoms in total. The molecule has 7 rings (SSSR count). The summed E-state index contributed by atoms with van der Waals surface area (Å²) in [5, 5.41) is 0. The van der Waals surface area contributed by atoms with Gasteiger partial charge in [-0.05, 0) is 17.7 Å². The van der Waals surface area contributed by atoms with E-state index < -0.39 is 36.7 Å². The zero-order valence-electron chi connectivity index (χ0n) is 21.3. The molecule has 0 aliphatic carbocycles. The maximum Gasteiger partial charge on any atom is 0.261 e. The molecule has 3 fully saturated rings. The number of fused-ring (bicyclic) bond motifs is 2. The van der Waals surface area contributed by atoms with Crippen molar-refractivity contribution in [2.75, 3.05) is 13.2 Å². The Bertz CT molecular complexity index is 1310. The number of rotatable bonds is 7. The minimum atomic E-state index is -0.707. The van der Waals surface area contributed by atoms with Crippen molar-refractivity contribution >= 4 is 11.8 Å². The third-order valence-corrected chi connectivity index (χ3v) is 7.83. The van der Waals surface area contributed by atoms with Crippen LogP contribution in [0.3, 0.4) is 0 Å². The average molecular weight is 528 g/mol. The number of nitrogens with zero attached hydrogens (tertiary/aromatic N) is 1. The predicted molar refractivity (Wildman–Crippen MR) is 139 cm³/mol. The highest BCUT2D eigenvalue weighted by atomic mass is 16.7. The Morgan fingerprint density at radius 3 is 2.08 bits per heavy atom. The van der Waals surface area contributed by atoms with Crippen molar-refractivity contribution in [1.29, 1.82) is 0 Å². The minimum absolute atomic E-state index is 0.0153.